The molecule has 3 heterocycles. The number of carbonyl (C=O) groups is 1. The summed E-state index contributed by atoms with van der Waals surface area (Å²) in [5.41, 5.74) is -0.493. The summed E-state index contributed by atoms with van der Waals surface area (Å²) in [6, 6.07) is 4.86. The number of aromatic nitrogens is 2. The van der Waals surface area contributed by atoms with Crippen molar-refractivity contribution in [3.05, 3.63) is 35.7 Å². The van der Waals surface area contributed by atoms with Gasteiger partial charge < -0.3 is 14.2 Å². The Morgan fingerprint density at radius 1 is 1.13 bits per heavy atom. The number of hydrogen-bond acceptors (Lipinski definition) is 6. The number of likely N-dealkylation sites (tertiary alicyclic amines) is 1. The van der Waals surface area contributed by atoms with Crippen LogP contribution in [0.15, 0.2) is 28.8 Å². The van der Waals surface area contributed by atoms with E-state index >= 15 is 0 Å². The van der Waals surface area contributed by atoms with Gasteiger partial charge in [-0.25, -0.2) is 0 Å². The molecule has 2 saturated heterocycles. The number of morpholine rings is 1. The van der Waals surface area contributed by atoms with Crippen molar-refractivity contribution in [2.75, 3.05) is 39.4 Å². The molecule has 0 radical (unpaired) electrons. The van der Waals surface area contributed by atoms with Gasteiger partial charge >= 0.3 is 6.18 Å². The van der Waals surface area contributed by atoms with E-state index < -0.39 is 11.7 Å². The minimum atomic E-state index is -4.43. The van der Waals surface area contributed by atoms with Crippen LogP contribution in [0.1, 0.15) is 24.3 Å². The van der Waals surface area contributed by atoms with E-state index in [1.807, 2.05) is 4.90 Å². The van der Waals surface area contributed by atoms with E-state index in [2.05, 4.69) is 15.0 Å². The first kappa shape index (κ1) is 20.8. The molecule has 1 amide bonds. The first-order valence-electron chi connectivity index (χ1n) is 9.99. The Hall–Kier alpha value is -2.46. The molecule has 7 nitrogen and oxygen atoms in total. The van der Waals surface area contributed by atoms with Gasteiger partial charge in [-0.1, -0.05) is 17.3 Å². The van der Waals surface area contributed by atoms with Crippen molar-refractivity contribution < 1.29 is 27.2 Å². The molecule has 0 N–H and O–H groups in total. The van der Waals surface area contributed by atoms with Crippen molar-refractivity contribution in [3.63, 3.8) is 0 Å². The summed E-state index contributed by atoms with van der Waals surface area (Å²) < 4.78 is 49.2. The first-order valence-corrected chi connectivity index (χ1v) is 9.99. The Balaban J connectivity index is 1.32. The highest BCUT2D eigenvalue weighted by atomic mass is 19.4. The number of ether oxygens (including phenoxy) is 1. The van der Waals surface area contributed by atoms with Gasteiger partial charge in [-0.15, -0.1) is 0 Å². The summed E-state index contributed by atoms with van der Waals surface area (Å²) in [4.78, 5) is 20.9. The average molecular weight is 424 g/mol. The molecule has 0 spiro atoms. The topological polar surface area (TPSA) is 71.7 Å². The van der Waals surface area contributed by atoms with Gasteiger partial charge in [0.2, 0.25) is 17.6 Å². The number of halogens is 3. The molecule has 2 aliphatic rings. The minimum Gasteiger partial charge on any atom is -0.378 e. The van der Waals surface area contributed by atoms with E-state index in [0.717, 1.165) is 38.1 Å². The van der Waals surface area contributed by atoms with Crippen molar-refractivity contribution >= 4 is 5.91 Å². The Kier molecular flexibility index (Phi) is 6.05. The molecule has 10 heteroatoms. The fourth-order valence-corrected chi connectivity index (χ4v) is 3.84. The van der Waals surface area contributed by atoms with E-state index in [-0.39, 0.29) is 23.2 Å². The van der Waals surface area contributed by atoms with Crippen LogP contribution in [0.25, 0.3) is 11.4 Å². The van der Waals surface area contributed by atoms with Crippen molar-refractivity contribution in [1.82, 2.24) is 19.9 Å². The standard InChI is InChI=1S/C20H23F3N4O3/c21-20(22,23)16-3-1-2-15(12-16)18-24-17(30-25-18)13-26-6-4-14(5-7-26)19(28)27-8-10-29-11-9-27/h1-3,12,14H,4-11,13H2. The van der Waals surface area contributed by atoms with Crippen molar-refractivity contribution in [1.29, 1.82) is 0 Å². The Morgan fingerprint density at radius 2 is 1.87 bits per heavy atom. The average Bonchev–Trinajstić information content (AvgIpc) is 3.22. The number of alkyl halides is 3. The van der Waals surface area contributed by atoms with E-state index in [1.54, 1.807) is 0 Å². The van der Waals surface area contributed by atoms with Crippen molar-refractivity contribution in [3.8, 4) is 11.4 Å². The van der Waals surface area contributed by atoms with Gasteiger partial charge in [0, 0.05) is 24.6 Å². The van der Waals surface area contributed by atoms with Crippen LogP contribution in [0.5, 0.6) is 0 Å². The highest BCUT2D eigenvalue weighted by Crippen LogP contribution is 2.31. The second-order valence-electron chi connectivity index (χ2n) is 7.58. The Labute approximate surface area is 171 Å². The lowest BCUT2D eigenvalue weighted by Gasteiger charge is -2.35. The van der Waals surface area contributed by atoms with Gasteiger partial charge in [-0.05, 0) is 38.1 Å². The van der Waals surface area contributed by atoms with Crippen LogP contribution in [-0.2, 0) is 22.3 Å². The van der Waals surface area contributed by atoms with Gasteiger partial charge in [0.05, 0.1) is 25.3 Å². The number of carbonyl (C=O) groups excluding carboxylic acids is 1. The van der Waals surface area contributed by atoms with Gasteiger partial charge in [-0.3, -0.25) is 9.69 Å². The molecule has 2 aliphatic heterocycles. The fourth-order valence-electron chi connectivity index (χ4n) is 3.84. The maximum absolute atomic E-state index is 12.9. The van der Waals surface area contributed by atoms with Crippen LogP contribution in [-0.4, -0.2) is 65.2 Å². The molecular weight excluding hydrogens is 401 g/mol. The van der Waals surface area contributed by atoms with Gasteiger partial charge in [0.15, 0.2) is 0 Å². The molecular formula is C20H23F3N4O3. The third-order valence-electron chi connectivity index (χ3n) is 5.53. The number of amides is 1. The molecule has 0 saturated carbocycles. The van der Waals surface area contributed by atoms with Crippen molar-refractivity contribution in [2.24, 2.45) is 5.92 Å². The lowest BCUT2D eigenvalue weighted by atomic mass is 9.95. The third kappa shape index (κ3) is 4.81. The highest BCUT2D eigenvalue weighted by Gasteiger charge is 2.31. The lowest BCUT2D eigenvalue weighted by molar-refractivity contribution is -0.141. The molecule has 30 heavy (non-hydrogen) atoms. The molecule has 2 fully saturated rings. The summed E-state index contributed by atoms with van der Waals surface area (Å²) in [6.07, 6.45) is -2.92. The predicted molar refractivity (Wildman–Crippen MR) is 100 cm³/mol. The van der Waals surface area contributed by atoms with E-state index in [1.165, 1.54) is 12.1 Å². The highest BCUT2D eigenvalue weighted by molar-refractivity contribution is 5.79. The molecule has 1 aromatic carbocycles. The Bertz CT molecular complexity index is 872. The van der Waals surface area contributed by atoms with Crippen LogP contribution >= 0.6 is 0 Å². The monoisotopic (exact) mass is 424 g/mol. The zero-order chi connectivity index (χ0) is 21.1. The third-order valence-corrected chi connectivity index (χ3v) is 5.53. The van der Waals surface area contributed by atoms with E-state index in [0.29, 0.717) is 38.7 Å². The van der Waals surface area contributed by atoms with Gasteiger partial charge in [-0.2, -0.15) is 18.2 Å². The quantitative estimate of drug-likeness (QED) is 0.752. The number of rotatable bonds is 4. The summed E-state index contributed by atoms with van der Waals surface area (Å²) in [5.74, 6) is 0.694. The SMILES string of the molecule is O=C(C1CCN(Cc2nc(-c3cccc(C(F)(F)F)c3)no2)CC1)N1CCOCC1. The minimum absolute atomic E-state index is 0.0164. The number of benzene rings is 1. The normalized spacial score (nSPS) is 19.2. The molecule has 1 aromatic heterocycles. The van der Waals surface area contributed by atoms with Gasteiger partial charge in [0.25, 0.3) is 0 Å². The summed E-state index contributed by atoms with van der Waals surface area (Å²) >= 11 is 0. The second-order valence-corrected chi connectivity index (χ2v) is 7.58. The smallest absolute Gasteiger partial charge is 0.378 e. The van der Waals surface area contributed by atoms with Crippen LogP contribution in [0.2, 0.25) is 0 Å². The second kappa shape index (κ2) is 8.73. The number of hydrogen-bond donors (Lipinski definition) is 0. The maximum atomic E-state index is 12.9. The lowest BCUT2D eigenvalue weighted by Crippen LogP contribution is -2.46. The van der Waals surface area contributed by atoms with Crippen LogP contribution in [0.3, 0.4) is 0 Å². The summed E-state index contributed by atoms with van der Waals surface area (Å²) in [7, 11) is 0. The molecule has 2 aromatic rings. The van der Waals surface area contributed by atoms with Crippen molar-refractivity contribution in [2.45, 2.75) is 25.6 Å². The summed E-state index contributed by atoms with van der Waals surface area (Å²) in [6.45, 7) is 4.35. The maximum Gasteiger partial charge on any atom is 0.416 e. The van der Waals surface area contributed by atoms with Crippen LogP contribution in [0, 0.1) is 5.92 Å². The molecule has 0 aliphatic carbocycles. The molecule has 0 atom stereocenters. The van der Waals surface area contributed by atoms with Gasteiger partial charge in [0.1, 0.15) is 0 Å². The first-order chi connectivity index (χ1) is 14.4. The molecule has 162 valence electrons. The Morgan fingerprint density at radius 3 is 2.57 bits per heavy atom. The zero-order valence-electron chi connectivity index (χ0n) is 16.4. The zero-order valence-corrected chi connectivity index (χ0v) is 16.4. The number of piperidine rings is 1. The largest absolute Gasteiger partial charge is 0.416 e. The summed E-state index contributed by atoms with van der Waals surface area (Å²) in [5, 5.41) is 3.83. The molecule has 0 bridgehead atoms. The van der Waals surface area contributed by atoms with Crippen LogP contribution in [0.4, 0.5) is 13.2 Å². The fraction of sp³-hybridized carbons (Fsp3) is 0.550. The predicted octanol–water partition coefficient (Wildman–Crippen LogP) is 2.83. The molecule has 4 rings (SSSR count). The number of nitrogens with zero attached hydrogens (tertiary/aromatic N) is 4. The van der Waals surface area contributed by atoms with E-state index in [9.17, 15) is 18.0 Å². The van der Waals surface area contributed by atoms with E-state index in [4.69, 9.17) is 9.26 Å². The van der Waals surface area contributed by atoms with Crippen LogP contribution < -0.4 is 0 Å². The molecule has 0 unspecified atom stereocenters.